The smallest absolute Gasteiger partial charge is 0.125 e. The van der Waals surface area contributed by atoms with Crippen molar-refractivity contribution in [2.24, 2.45) is 5.73 Å². The number of aromatic nitrogens is 2. The van der Waals surface area contributed by atoms with Crippen LogP contribution in [0.25, 0.3) is 0 Å². The monoisotopic (exact) mass is 236 g/mol. The molecule has 0 bridgehead atoms. The molecule has 0 saturated carbocycles. The zero-order valence-electron chi connectivity index (χ0n) is 10.5. The van der Waals surface area contributed by atoms with Crippen molar-refractivity contribution in [1.82, 2.24) is 14.9 Å². The summed E-state index contributed by atoms with van der Waals surface area (Å²) in [5.74, 6) is 0.799. The van der Waals surface area contributed by atoms with Gasteiger partial charge in [-0.05, 0) is 19.4 Å². The van der Waals surface area contributed by atoms with E-state index in [1.165, 1.54) is 0 Å². The fraction of sp³-hybridized carbons (Fsp3) is 0.667. The maximum absolute atomic E-state index is 6.18. The Hall–Kier alpha value is -1.04. The Morgan fingerprint density at radius 1 is 1.59 bits per heavy atom. The van der Waals surface area contributed by atoms with Gasteiger partial charge >= 0.3 is 0 Å². The van der Waals surface area contributed by atoms with Gasteiger partial charge in [-0.25, -0.2) is 9.97 Å². The third-order valence-electron chi connectivity index (χ3n) is 3.23. The van der Waals surface area contributed by atoms with E-state index in [0.717, 1.165) is 37.6 Å². The van der Waals surface area contributed by atoms with Crippen LogP contribution in [-0.4, -0.2) is 47.7 Å². The average molecular weight is 236 g/mol. The van der Waals surface area contributed by atoms with Crippen molar-refractivity contribution in [3.8, 4) is 0 Å². The maximum Gasteiger partial charge on any atom is 0.125 e. The summed E-state index contributed by atoms with van der Waals surface area (Å²) in [7, 11) is 1.72. The normalized spacial score (nSPS) is 25.4. The summed E-state index contributed by atoms with van der Waals surface area (Å²) in [5, 5.41) is 0. The lowest BCUT2D eigenvalue weighted by atomic mass is 10.1. The van der Waals surface area contributed by atoms with Gasteiger partial charge in [0.1, 0.15) is 5.82 Å². The molecule has 1 fully saturated rings. The van der Waals surface area contributed by atoms with Crippen LogP contribution in [0.4, 0.5) is 0 Å². The molecule has 1 aliphatic rings. The van der Waals surface area contributed by atoms with Crippen LogP contribution in [0.5, 0.6) is 0 Å². The predicted molar refractivity (Wildman–Crippen MR) is 65.6 cm³/mol. The largest absolute Gasteiger partial charge is 0.383 e. The number of ether oxygens (including phenoxy) is 1. The van der Waals surface area contributed by atoms with Gasteiger partial charge in [-0.15, -0.1) is 0 Å². The molecule has 94 valence electrons. The minimum Gasteiger partial charge on any atom is -0.383 e. The Morgan fingerprint density at radius 3 is 3.12 bits per heavy atom. The number of hydrogen-bond donors (Lipinski definition) is 1. The highest BCUT2D eigenvalue weighted by molar-refractivity contribution is 5.12. The number of nitrogens with zero attached hydrogens (tertiary/aromatic N) is 3. The van der Waals surface area contributed by atoms with E-state index in [1.807, 2.05) is 13.0 Å². The first-order valence-electron chi connectivity index (χ1n) is 6.00. The molecule has 17 heavy (non-hydrogen) atoms. The molecule has 0 aromatic carbocycles. The highest BCUT2D eigenvalue weighted by Gasteiger charge is 2.33. The molecular weight excluding hydrogens is 216 g/mol. The zero-order valence-corrected chi connectivity index (χ0v) is 10.5. The minimum absolute atomic E-state index is 0.154. The van der Waals surface area contributed by atoms with Gasteiger partial charge in [0, 0.05) is 32.4 Å². The summed E-state index contributed by atoms with van der Waals surface area (Å²) in [6, 6.07) is 2.32. The van der Waals surface area contributed by atoms with E-state index in [0.29, 0.717) is 0 Å². The summed E-state index contributed by atoms with van der Waals surface area (Å²) in [6.07, 6.45) is 2.81. The Labute approximate surface area is 102 Å². The molecule has 0 spiro atoms. The predicted octanol–water partition coefficient (Wildman–Crippen LogP) is 0.506. The molecule has 2 atom stereocenters. The van der Waals surface area contributed by atoms with Gasteiger partial charge < -0.3 is 10.5 Å². The SMILES string of the molecule is COCCN1CCC(N)C1c1ccnc(C)n1. The van der Waals surface area contributed by atoms with Crippen LogP contribution < -0.4 is 5.73 Å². The molecule has 0 aliphatic carbocycles. The number of aryl methyl sites for hydroxylation is 1. The van der Waals surface area contributed by atoms with Crippen molar-refractivity contribution in [2.75, 3.05) is 26.8 Å². The van der Waals surface area contributed by atoms with Gasteiger partial charge in [-0.1, -0.05) is 0 Å². The first kappa shape index (κ1) is 12.4. The summed E-state index contributed by atoms with van der Waals surface area (Å²) in [6.45, 7) is 4.55. The standard InChI is InChI=1S/C12H20N4O/c1-9-14-5-3-11(15-9)12-10(13)4-6-16(12)7-8-17-2/h3,5,10,12H,4,6-8,13H2,1-2H3. The van der Waals surface area contributed by atoms with E-state index in [2.05, 4.69) is 14.9 Å². The van der Waals surface area contributed by atoms with E-state index in [9.17, 15) is 0 Å². The fourth-order valence-electron chi connectivity index (χ4n) is 2.39. The fourth-order valence-corrected chi connectivity index (χ4v) is 2.39. The van der Waals surface area contributed by atoms with Gasteiger partial charge in [0.2, 0.25) is 0 Å². The molecule has 0 radical (unpaired) electrons. The molecule has 1 aromatic heterocycles. The molecule has 2 unspecified atom stereocenters. The Kier molecular flexibility index (Phi) is 4.04. The lowest BCUT2D eigenvalue weighted by molar-refractivity contribution is 0.137. The third kappa shape index (κ3) is 2.80. The van der Waals surface area contributed by atoms with Crippen molar-refractivity contribution in [3.63, 3.8) is 0 Å². The summed E-state index contributed by atoms with van der Waals surface area (Å²) >= 11 is 0. The van der Waals surface area contributed by atoms with Crippen LogP contribution in [0.1, 0.15) is 24.0 Å². The molecule has 5 heteroatoms. The van der Waals surface area contributed by atoms with E-state index in [4.69, 9.17) is 10.5 Å². The molecule has 2 heterocycles. The second kappa shape index (κ2) is 5.53. The highest BCUT2D eigenvalue weighted by Crippen LogP contribution is 2.29. The molecule has 2 rings (SSSR count). The van der Waals surface area contributed by atoms with Crippen molar-refractivity contribution in [1.29, 1.82) is 0 Å². The van der Waals surface area contributed by atoms with Crippen molar-refractivity contribution in [3.05, 3.63) is 23.8 Å². The lowest BCUT2D eigenvalue weighted by Crippen LogP contribution is -2.34. The van der Waals surface area contributed by atoms with Crippen LogP contribution >= 0.6 is 0 Å². The summed E-state index contributed by atoms with van der Waals surface area (Å²) < 4.78 is 5.13. The number of nitrogens with two attached hydrogens (primary N) is 1. The van der Waals surface area contributed by atoms with E-state index in [-0.39, 0.29) is 12.1 Å². The Morgan fingerprint density at radius 2 is 2.41 bits per heavy atom. The van der Waals surface area contributed by atoms with Gasteiger partial charge in [-0.2, -0.15) is 0 Å². The second-order valence-corrected chi connectivity index (χ2v) is 4.45. The Bertz CT molecular complexity index is 371. The minimum atomic E-state index is 0.154. The van der Waals surface area contributed by atoms with Crippen LogP contribution in [0, 0.1) is 6.92 Å². The third-order valence-corrected chi connectivity index (χ3v) is 3.23. The Balaban J connectivity index is 2.15. The average Bonchev–Trinajstić information content (AvgIpc) is 2.68. The van der Waals surface area contributed by atoms with Crippen LogP contribution in [-0.2, 0) is 4.74 Å². The molecule has 1 saturated heterocycles. The number of rotatable bonds is 4. The van der Waals surface area contributed by atoms with E-state index >= 15 is 0 Å². The molecule has 0 amide bonds. The lowest BCUT2D eigenvalue weighted by Gasteiger charge is -2.25. The summed E-state index contributed by atoms with van der Waals surface area (Å²) in [4.78, 5) is 11.0. The first-order chi connectivity index (χ1) is 8.22. The van der Waals surface area contributed by atoms with E-state index < -0.39 is 0 Å². The van der Waals surface area contributed by atoms with Crippen molar-refractivity contribution >= 4 is 0 Å². The van der Waals surface area contributed by atoms with Gasteiger partial charge in [0.05, 0.1) is 18.3 Å². The topological polar surface area (TPSA) is 64.3 Å². The quantitative estimate of drug-likeness (QED) is 0.825. The molecule has 5 nitrogen and oxygen atoms in total. The molecule has 1 aliphatic heterocycles. The highest BCUT2D eigenvalue weighted by atomic mass is 16.5. The van der Waals surface area contributed by atoms with Crippen LogP contribution in [0.3, 0.4) is 0 Å². The van der Waals surface area contributed by atoms with Crippen molar-refractivity contribution in [2.45, 2.75) is 25.4 Å². The maximum atomic E-state index is 6.18. The van der Waals surface area contributed by atoms with Gasteiger partial charge in [0.15, 0.2) is 0 Å². The molecule has 2 N–H and O–H groups in total. The van der Waals surface area contributed by atoms with Crippen molar-refractivity contribution < 1.29 is 4.74 Å². The van der Waals surface area contributed by atoms with E-state index in [1.54, 1.807) is 13.3 Å². The number of methoxy groups -OCH3 is 1. The van der Waals surface area contributed by atoms with Gasteiger partial charge in [-0.3, -0.25) is 4.90 Å². The van der Waals surface area contributed by atoms with Gasteiger partial charge in [0.25, 0.3) is 0 Å². The number of hydrogen-bond acceptors (Lipinski definition) is 5. The molecule has 1 aromatic rings. The second-order valence-electron chi connectivity index (χ2n) is 4.45. The molecular formula is C12H20N4O. The number of likely N-dealkylation sites (tertiary alicyclic amines) is 1. The zero-order chi connectivity index (χ0) is 12.3. The van der Waals surface area contributed by atoms with Crippen LogP contribution in [0.15, 0.2) is 12.3 Å². The first-order valence-corrected chi connectivity index (χ1v) is 6.00. The summed E-state index contributed by atoms with van der Waals surface area (Å²) in [5.41, 5.74) is 7.21. The van der Waals surface area contributed by atoms with Crippen LogP contribution in [0.2, 0.25) is 0 Å².